The van der Waals surface area contributed by atoms with Crippen molar-refractivity contribution < 1.29 is 34.0 Å². The van der Waals surface area contributed by atoms with Crippen LogP contribution in [0.2, 0.25) is 0 Å². The maximum absolute atomic E-state index is 11.1. The Bertz CT molecular complexity index is 435. The van der Waals surface area contributed by atoms with Gasteiger partial charge in [-0.3, -0.25) is 0 Å². The van der Waals surface area contributed by atoms with Crippen molar-refractivity contribution in [1.82, 2.24) is 0 Å². The molecule has 22 heavy (non-hydrogen) atoms. The summed E-state index contributed by atoms with van der Waals surface area (Å²) in [6.45, 7) is 3.61. The van der Waals surface area contributed by atoms with Gasteiger partial charge >= 0.3 is 5.97 Å². The monoisotopic (exact) mass is 312 g/mol. The molecule has 0 aliphatic carbocycles. The van der Waals surface area contributed by atoms with Crippen LogP contribution < -0.4 is 4.74 Å². The van der Waals surface area contributed by atoms with E-state index in [4.69, 9.17) is 19.3 Å². The highest BCUT2D eigenvalue weighted by Gasteiger charge is 2.25. The van der Waals surface area contributed by atoms with Crippen LogP contribution in [-0.2, 0) is 19.0 Å². The molecular formula is C15H20O7. The summed E-state index contributed by atoms with van der Waals surface area (Å²) in [5, 5.41) is 18.4. The van der Waals surface area contributed by atoms with E-state index >= 15 is 0 Å². The van der Waals surface area contributed by atoms with Crippen LogP contribution in [0.1, 0.15) is 0 Å². The van der Waals surface area contributed by atoms with E-state index in [2.05, 4.69) is 11.3 Å². The fourth-order valence-corrected chi connectivity index (χ4v) is 1.42. The molecule has 0 spiro atoms. The molecule has 2 atom stereocenters. The molecule has 0 saturated carbocycles. The van der Waals surface area contributed by atoms with Crippen molar-refractivity contribution in [2.75, 3.05) is 26.4 Å². The number of rotatable bonds is 11. The molecule has 0 aliphatic heterocycles. The maximum Gasteiger partial charge on any atom is 0.332 e. The van der Waals surface area contributed by atoms with Crippen LogP contribution in [0.4, 0.5) is 0 Å². The number of hydrogen-bond donors (Lipinski definition) is 2. The van der Waals surface area contributed by atoms with Crippen molar-refractivity contribution in [1.29, 1.82) is 0 Å². The fourth-order valence-electron chi connectivity index (χ4n) is 1.42. The molecule has 0 amide bonds. The third-order valence-electron chi connectivity index (χ3n) is 2.38. The summed E-state index contributed by atoms with van der Waals surface area (Å²) < 4.78 is 20.5. The lowest BCUT2D eigenvalue weighted by Crippen LogP contribution is -2.38. The van der Waals surface area contributed by atoms with E-state index in [0.717, 1.165) is 6.08 Å². The summed E-state index contributed by atoms with van der Waals surface area (Å²) >= 11 is 0. The Labute approximate surface area is 128 Å². The van der Waals surface area contributed by atoms with Crippen molar-refractivity contribution in [2.24, 2.45) is 0 Å². The predicted molar refractivity (Wildman–Crippen MR) is 77.0 cm³/mol. The van der Waals surface area contributed by atoms with E-state index in [0.29, 0.717) is 5.75 Å². The number of esters is 1. The highest BCUT2D eigenvalue weighted by atomic mass is 16.7. The van der Waals surface area contributed by atoms with Crippen LogP contribution in [0.5, 0.6) is 5.75 Å². The zero-order valence-corrected chi connectivity index (χ0v) is 12.1. The van der Waals surface area contributed by atoms with E-state index in [1.54, 1.807) is 30.3 Å². The van der Waals surface area contributed by atoms with Gasteiger partial charge in [0.05, 0.1) is 26.4 Å². The Morgan fingerprint density at radius 3 is 2.59 bits per heavy atom. The second kappa shape index (κ2) is 10.7. The topological polar surface area (TPSA) is 94.5 Å². The van der Waals surface area contributed by atoms with Crippen molar-refractivity contribution in [3.8, 4) is 5.75 Å². The summed E-state index contributed by atoms with van der Waals surface area (Å²) in [7, 11) is 0. The third-order valence-corrected chi connectivity index (χ3v) is 2.38. The van der Waals surface area contributed by atoms with Gasteiger partial charge in [0.25, 0.3) is 12.6 Å². The van der Waals surface area contributed by atoms with E-state index in [9.17, 15) is 9.90 Å². The zero-order valence-electron chi connectivity index (χ0n) is 12.1. The summed E-state index contributed by atoms with van der Waals surface area (Å²) in [5.41, 5.74) is 0. The smallest absolute Gasteiger partial charge is 0.332 e. The minimum atomic E-state index is -1.62. The van der Waals surface area contributed by atoms with E-state index < -0.39 is 18.5 Å². The largest absolute Gasteiger partial charge is 0.458 e. The third kappa shape index (κ3) is 7.19. The van der Waals surface area contributed by atoms with Gasteiger partial charge in [-0.1, -0.05) is 24.8 Å². The van der Waals surface area contributed by atoms with Gasteiger partial charge in [0.2, 0.25) is 0 Å². The molecule has 0 radical (unpaired) electrons. The van der Waals surface area contributed by atoms with Gasteiger partial charge in [0.15, 0.2) is 0 Å². The van der Waals surface area contributed by atoms with Crippen LogP contribution in [0.15, 0.2) is 43.0 Å². The average molecular weight is 312 g/mol. The van der Waals surface area contributed by atoms with Gasteiger partial charge in [-0.25, -0.2) is 4.79 Å². The molecule has 0 heterocycles. The summed E-state index contributed by atoms with van der Waals surface area (Å²) in [6, 6.07) is 8.64. The van der Waals surface area contributed by atoms with E-state index in [1.807, 2.05) is 0 Å². The first-order valence-corrected chi connectivity index (χ1v) is 6.70. The van der Waals surface area contributed by atoms with Gasteiger partial charge in [-0.15, -0.1) is 0 Å². The van der Waals surface area contributed by atoms with Gasteiger partial charge < -0.3 is 29.2 Å². The molecule has 1 aromatic rings. The zero-order chi connectivity index (χ0) is 16.2. The van der Waals surface area contributed by atoms with Crippen LogP contribution in [0.25, 0.3) is 0 Å². The predicted octanol–water partition coefficient (Wildman–Crippen LogP) is 0.465. The number of aliphatic hydroxyl groups is 2. The van der Waals surface area contributed by atoms with Crippen molar-refractivity contribution >= 4 is 5.97 Å². The first-order chi connectivity index (χ1) is 10.7. The van der Waals surface area contributed by atoms with Gasteiger partial charge in [0.1, 0.15) is 5.75 Å². The van der Waals surface area contributed by atoms with Crippen LogP contribution in [-0.4, -0.2) is 55.2 Å². The Balaban J connectivity index is 2.55. The number of ether oxygens (including phenoxy) is 4. The fraction of sp³-hybridized carbons (Fsp3) is 0.400. The summed E-state index contributed by atoms with van der Waals surface area (Å²) in [5.74, 6) is -0.355. The molecule has 0 bridgehead atoms. The average Bonchev–Trinajstić information content (AvgIpc) is 2.54. The number of aliphatic hydroxyl groups excluding tert-OH is 2. The van der Waals surface area contributed by atoms with Gasteiger partial charge in [0, 0.05) is 6.08 Å². The molecule has 0 fully saturated rings. The molecule has 1 rings (SSSR count). The molecule has 0 aromatic heterocycles. The second-order valence-electron chi connectivity index (χ2n) is 4.04. The lowest BCUT2D eigenvalue weighted by Gasteiger charge is -2.23. The standard InChI is InChI=1S/C15H20O7/c1-2-13(17)22-14(18)15(20-11-10-19-9-8-16)21-12-6-4-3-5-7-12/h2-7,14-16,18H,1,8-11H2. The number of hydrogen-bond acceptors (Lipinski definition) is 7. The first kappa shape index (κ1) is 18.1. The first-order valence-electron chi connectivity index (χ1n) is 6.70. The SMILES string of the molecule is C=CC(=O)OC(O)C(OCCOCCO)Oc1ccccc1. The Kier molecular flexibility index (Phi) is 8.85. The number of benzene rings is 1. The number of para-hydroxylation sites is 1. The molecule has 7 nitrogen and oxygen atoms in total. The number of carbonyl (C=O) groups excluding carboxylic acids is 1. The maximum atomic E-state index is 11.1. The molecule has 0 aliphatic rings. The van der Waals surface area contributed by atoms with Crippen LogP contribution >= 0.6 is 0 Å². The van der Waals surface area contributed by atoms with E-state index in [1.165, 1.54) is 0 Å². The van der Waals surface area contributed by atoms with Crippen LogP contribution in [0, 0.1) is 0 Å². The minimum absolute atomic E-state index is 0.0835. The molecule has 2 N–H and O–H groups in total. The second-order valence-corrected chi connectivity index (χ2v) is 4.04. The molecule has 122 valence electrons. The summed E-state index contributed by atoms with van der Waals surface area (Å²) in [4.78, 5) is 11.1. The lowest BCUT2D eigenvalue weighted by molar-refractivity contribution is -0.236. The molecule has 2 unspecified atom stereocenters. The molecule has 0 saturated heterocycles. The molecular weight excluding hydrogens is 292 g/mol. The van der Waals surface area contributed by atoms with Gasteiger partial charge in [-0.2, -0.15) is 0 Å². The highest BCUT2D eigenvalue weighted by molar-refractivity contribution is 5.81. The van der Waals surface area contributed by atoms with Crippen molar-refractivity contribution in [2.45, 2.75) is 12.6 Å². The molecule has 1 aromatic carbocycles. The quantitative estimate of drug-likeness (QED) is 0.265. The Morgan fingerprint density at radius 2 is 1.95 bits per heavy atom. The van der Waals surface area contributed by atoms with Crippen molar-refractivity contribution in [3.63, 3.8) is 0 Å². The summed E-state index contributed by atoms with van der Waals surface area (Å²) in [6.07, 6.45) is -1.92. The van der Waals surface area contributed by atoms with Crippen molar-refractivity contribution in [3.05, 3.63) is 43.0 Å². The Hall–Kier alpha value is -1.93. The minimum Gasteiger partial charge on any atom is -0.458 e. The number of carbonyl (C=O) groups is 1. The lowest BCUT2D eigenvalue weighted by atomic mass is 10.3. The normalized spacial score (nSPS) is 13.2. The van der Waals surface area contributed by atoms with Crippen LogP contribution in [0.3, 0.4) is 0 Å². The van der Waals surface area contributed by atoms with Gasteiger partial charge in [-0.05, 0) is 12.1 Å². The molecule has 7 heteroatoms. The highest BCUT2D eigenvalue weighted by Crippen LogP contribution is 2.14. The van der Waals surface area contributed by atoms with E-state index in [-0.39, 0.29) is 26.4 Å². The Morgan fingerprint density at radius 1 is 1.23 bits per heavy atom.